The molecule has 0 aromatic heterocycles. The van der Waals surface area contributed by atoms with Crippen LogP contribution in [0.2, 0.25) is 0 Å². The number of aryl methyl sites for hydroxylation is 1. The molecule has 18 heavy (non-hydrogen) atoms. The van der Waals surface area contributed by atoms with Crippen LogP contribution in [0.5, 0.6) is 0 Å². The van der Waals surface area contributed by atoms with E-state index >= 15 is 0 Å². The molecule has 0 aliphatic heterocycles. The van der Waals surface area contributed by atoms with Gasteiger partial charge < -0.3 is 10.6 Å². The Labute approximate surface area is 108 Å². The topological polar surface area (TPSA) is 41.1 Å². The van der Waals surface area contributed by atoms with E-state index < -0.39 is 0 Å². The summed E-state index contributed by atoms with van der Waals surface area (Å²) in [6.45, 7) is 7.49. The van der Waals surface area contributed by atoms with Crippen LogP contribution >= 0.6 is 0 Å². The predicted molar refractivity (Wildman–Crippen MR) is 76.4 cm³/mol. The minimum absolute atomic E-state index is 0.273. The number of nitrogens with one attached hydrogen (secondary N) is 2. The van der Waals surface area contributed by atoms with Crippen molar-refractivity contribution >= 4 is 11.7 Å². The van der Waals surface area contributed by atoms with Crippen molar-refractivity contribution in [2.45, 2.75) is 13.8 Å². The van der Waals surface area contributed by atoms with Gasteiger partial charge in [-0.2, -0.15) is 0 Å². The number of hydrogen-bond acceptors (Lipinski definition) is 1. The van der Waals surface area contributed by atoms with E-state index in [0.29, 0.717) is 5.70 Å². The summed E-state index contributed by atoms with van der Waals surface area (Å²) < 4.78 is 0. The number of benzene rings is 1. The Morgan fingerprint density at radius 3 is 2.50 bits per heavy atom. The normalized spacial score (nSPS) is 11.3. The molecule has 94 valence electrons. The van der Waals surface area contributed by atoms with Gasteiger partial charge in [-0.3, -0.25) is 0 Å². The molecule has 0 unspecified atom stereocenters. The van der Waals surface area contributed by atoms with Gasteiger partial charge in [0.2, 0.25) is 0 Å². The highest BCUT2D eigenvalue weighted by Gasteiger charge is 2.01. The molecular formula is C15H18N2O. The minimum atomic E-state index is -0.273. The van der Waals surface area contributed by atoms with Crippen molar-refractivity contribution < 1.29 is 4.79 Å². The van der Waals surface area contributed by atoms with Crippen LogP contribution in [0.4, 0.5) is 10.5 Å². The average Bonchev–Trinajstić information content (AvgIpc) is 2.33. The fraction of sp³-hybridized carbons (Fsp3) is 0.133. The van der Waals surface area contributed by atoms with Gasteiger partial charge in [-0.15, -0.1) is 0 Å². The summed E-state index contributed by atoms with van der Waals surface area (Å²) in [4.78, 5) is 11.7. The Hall–Kier alpha value is -2.29. The van der Waals surface area contributed by atoms with Crippen molar-refractivity contribution in [3.8, 4) is 0 Å². The lowest BCUT2D eigenvalue weighted by atomic mass is 10.2. The lowest BCUT2D eigenvalue weighted by Gasteiger charge is -2.08. The second kappa shape index (κ2) is 7.12. The van der Waals surface area contributed by atoms with Crippen LogP contribution in [-0.2, 0) is 0 Å². The zero-order chi connectivity index (χ0) is 13.4. The summed E-state index contributed by atoms with van der Waals surface area (Å²) in [5, 5.41) is 5.49. The third-order valence-corrected chi connectivity index (χ3v) is 2.21. The van der Waals surface area contributed by atoms with Gasteiger partial charge in [-0.1, -0.05) is 36.4 Å². The first-order chi connectivity index (χ1) is 8.65. The van der Waals surface area contributed by atoms with Crippen LogP contribution in [-0.4, -0.2) is 6.03 Å². The Bertz CT molecular complexity index is 470. The highest BCUT2D eigenvalue weighted by atomic mass is 16.2. The molecular weight excluding hydrogens is 224 g/mol. The molecule has 0 atom stereocenters. The first-order valence-corrected chi connectivity index (χ1v) is 5.76. The Morgan fingerprint density at radius 2 is 1.94 bits per heavy atom. The molecule has 0 aliphatic carbocycles. The molecule has 2 N–H and O–H groups in total. The van der Waals surface area contributed by atoms with Crippen LogP contribution in [0.15, 0.2) is 60.8 Å². The van der Waals surface area contributed by atoms with Gasteiger partial charge >= 0.3 is 6.03 Å². The zero-order valence-corrected chi connectivity index (χ0v) is 10.7. The molecule has 0 aliphatic rings. The number of carbonyl (C=O) groups excluding carboxylic acids is 1. The van der Waals surface area contributed by atoms with Crippen molar-refractivity contribution in [2.75, 3.05) is 5.32 Å². The van der Waals surface area contributed by atoms with Gasteiger partial charge in [0, 0.05) is 11.4 Å². The molecule has 1 rings (SSSR count). The standard InChI is InChI=1S/C15H18N2O/c1-4-6-13(7-5-2)16-15(18)17-14-10-8-12(3)9-11-14/h4-11H,1H2,2-3H3,(H2,16,17,18)/b7-5-,13-6+. The van der Waals surface area contributed by atoms with Gasteiger partial charge in [-0.05, 0) is 38.1 Å². The van der Waals surface area contributed by atoms with Crippen molar-refractivity contribution in [3.63, 3.8) is 0 Å². The predicted octanol–water partition coefficient (Wildman–Crippen LogP) is 3.76. The molecule has 0 saturated carbocycles. The van der Waals surface area contributed by atoms with E-state index in [-0.39, 0.29) is 6.03 Å². The highest BCUT2D eigenvalue weighted by molar-refractivity contribution is 5.90. The van der Waals surface area contributed by atoms with E-state index in [9.17, 15) is 4.79 Å². The smallest absolute Gasteiger partial charge is 0.308 e. The molecule has 1 aromatic carbocycles. The molecule has 2 amide bonds. The lowest BCUT2D eigenvalue weighted by Crippen LogP contribution is -2.27. The van der Waals surface area contributed by atoms with Gasteiger partial charge in [0.15, 0.2) is 0 Å². The van der Waals surface area contributed by atoms with E-state index in [1.807, 2.05) is 44.2 Å². The summed E-state index contributed by atoms with van der Waals surface area (Å²) >= 11 is 0. The van der Waals surface area contributed by atoms with Crippen LogP contribution in [0.3, 0.4) is 0 Å². The highest BCUT2D eigenvalue weighted by Crippen LogP contribution is 2.08. The largest absolute Gasteiger partial charge is 0.323 e. The molecule has 0 fully saturated rings. The lowest BCUT2D eigenvalue weighted by molar-refractivity contribution is 0.254. The molecule has 3 nitrogen and oxygen atoms in total. The van der Waals surface area contributed by atoms with E-state index in [2.05, 4.69) is 17.2 Å². The zero-order valence-electron chi connectivity index (χ0n) is 10.7. The summed E-state index contributed by atoms with van der Waals surface area (Å²) in [5.41, 5.74) is 2.61. The Balaban J connectivity index is 2.63. The van der Waals surface area contributed by atoms with Gasteiger partial charge in [0.25, 0.3) is 0 Å². The monoisotopic (exact) mass is 242 g/mol. The van der Waals surface area contributed by atoms with Crippen molar-refractivity contribution in [1.29, 1.82) is 0 Å². The molecule has 0 spiro atoms. The van der Waals surface area contributed by atoms with Crippen molar-refractivity contribution in [1.82, 2.24) is 5.32 Å². The Morgan fingerprint density at radius 1 is 1.28 bits per heavy atom. The number of carbonyl (C=O) groups is 1. The van der Waals surface area contributed by atoms with Crippen molar-refractivity contribution in [3.05, 3.63) is 66.4 Å². The minimum Gasteiger partial charge on any atom is -0.308 e. The van der Waals surface area contributed by atoms with Crippen LogP contribution in [0.1, 0.15) is 12.5 Å². The Kier molecular flexibility index (Phi) is 5.45. The van der Waals surface area contributed by atoms with E-state index in [0.717, 1.165) is 11.3 Å². The second-order valence-electron chi connectivity index (χ2n) is 3.80. The first-order valence-electron chi connectivity index (χ1n) is 5.76. The molecule has 0 radical (unpaired) electrons. The number of urea groups is 1. The quantitative estimate of drug-likeness (QED) is 0.775. The molecule has 0 bridgehead atoms. The number of rotatable bonds is 4. The maximum Gasteiger partial charge on any atom is 0.323 e. The van der Waals surface area contributed by atoms with Crippen LogP contribution < -0.4 is 10.6 Å². The number of amides is 2. The van der Waals surface area contributed by atoms with Crippen molar-refractivity contribution in [2.24, 2.45) is 0 Å². The van der Waals surface area contributed by atoms with Gasteiger partial charge in [0.1, 0.15) is 0 Å². The SMILES string of the molecule is C=C/C=C(\C=C/C)NC(=O)Nc1ccc(C)cc1. The number of hydrogen-bond donors (Lipinski definition) is 2. The molecule has 3 heteroatoms. The van der Waals surface area contributed by atoms with E-state index in [1.165, 1.54) is 0 Å². The average molecular weight is 242 g/mol. The fourth-order valence-corrected chi connectivity index (χ4v) is 1.38. The number of anilines is 1. The van der Waals surface area contributed by atoms with Gasteiger partial charge in [0.05, 0.1) is 0 Å². The first kappa shape index (κ1) is 13.8. The third-order valence-electron chi connectivity index (χ3n) is 2.21. The molecule has 1 aromatic rings. The summed E-state index contributed by atoms with van der Waals surface area (Å²) in [5.74, 6) is 0. The fourth-order valence-electron chi connectivity index (χ4n) is 1.38. The van der Waals surface area contributed by atoms with Crippen LogP contribution in [0, 0.1) is 6.92 Å². The maximum atomic E-state index is 11.7. The summed E-state index contributed by atoms with van der Waals surface area (Å²) in [7, 11) is 0. The van der Waals surface area contributed by atoms with Crippen LogP contribution in [0.25, 0.3) is 0 Å². The van der Waals surface area contributed by atoms with Gasteiger partial charge in [-0.25, -0.2) is 4.79 Å². The maximum absolute atomic E-state index is 11.7. The summed E-state index contributed by atoms with van der Waals surface area (Å²) in [6.07, 6.45) is 7.01. The molecule has 0 saturated heterocycles. The second-order valence-corrected chi connectivity index (χ2v) is 3.80. The number of allylic oxidation sites excluding steroid dienone is 4. The van der Waals surface area contributed by atoms with E-state index in [1.54, 1.807) is 18.2 Å². The molecule has 0 heterocycles. The third kappa shape index (κ3) is 4.70. The van der Waals surface area contributed by atoms with E-state index in [4.69, 9.17) is 0 Å². The summed E-state index contributed by atoms with van der Waals surface area (Å²) in [6, 6.07) is 7.34.